The van der Waals surface area contributed by atoms with E-state index < -0.39 is 6.04 Å². The molecule has 74 valence electrons. The molecule has 13 heavy (non-hydrogen) atoms. The van der Waals surface area contributed by atoms with Crippen molar-refractivity contribution in [2.45, 2.75) is 32.7 Å². The highest BCUT2D eigenvalue weighted by Crippen LogP contribution is 1.97. The summed E-state index contributed by atoms with van der Waals surface area (Å²) < 4.78 is 0. The summed E-state index contributed by atoms with van der Waals surface area (Å²) in [5.74, 6) is 2.42. The van der Waals surface area contributed by atoms with Crippen LogP contribution in [0.3, 0.4) is 0 Å². The Bertz CT molecular complexity index is 196. The van der Waals surface area contributed by atoms with Crippen LogP contribution in [0, 0.1) is 12.3 Å². The van der Waals surface area contributed by atoms with Crippen LogP contribution in [0.5, 0.6) is 0 Å². The van der Waals surface area contributed by atoms with Crippen molar-refractivity contribution in [2.75, 3.05) is 13.1 Å². The maximum absolute atomic E-state index is 11.6. The Morgan fingerprint density at radius 1 is 1.62 bits per heavy atom. The average Bonchev–Trinajstić information content (AvgIpc) is 2.15. The number of terminal acetylenes is 1. The molecule has 0 rings (SSSR count). The zero-order valence-corrected chi connectivity index (χ0v) is 8.42. The summed E-state index contributed by atoms with van der Waals surface area (Å²) in [7, 11) is 0. The Balaban J connectivity index is 4.19. The Morgan fingerprint density at radius 2 is 2.23 bits per heavy atom. The fourth-order valence-corrected chi connectivity index (χ4v) is 1.06. The number of amides is 1. The van der Waals surface area contributed by atoms with Gasteiger partial charge in [-0.25, -0.2) is 0 Å². The van der Waals surface area contributed by atoms with E-state index in [0.29, 0.717) is 19.5 Å². The monoisotopic (exact) mass is 182 g/mol. The van der Waals surface area contributed by atoms with Crippen molar-refractivity contribution in [3.63, 3.8) is 0 Å². The second-order valence-corrected chi connectivity index (χ2v) is 2.98. The first-order valence-electron chi connectivity index (χ1n) is 4.65. The van der Waals surface area contributed by atoms with E-state index in [1.165, 1.54) is 0 Å². The smallest absolute Gasteiger partial charge is 0.240 e. The van der Waals surface area contributed by atoms with Gasteiger partial charge < -0.3 is 10.6 Å². The fourth-order valence-electron chi connectivity index (χ4n) is 1.06. The van der Waals surface area contributed by atoms with Crippen LogP contribution >= 0.6 is 0 Å². The summed E-state index contributed by atoms with van der Waals surface area (Å²) in [6, 6.07) is -0.403. The van der Waals surface area contributed by atoms with Crippen LogP contribution in [0.15, 0.2) is 0 Å². The SMILES string of the molecule is C#CCN(CCC)C(=O)[C@H](N)CC. The molecule has 0 heterocycles. The van der Waals surface area contributed by atoms with E-state index in [0.717, 1.165) is 6.42 Å². The quantitative estimate of drug-likeness (QED) is 0.633. The third-order valence-corrected chi connectivity index (χ3v) is 1.84. The number of hydrogen-bond acceptors (Lipinski definition) is 2. The summed E-state index contributed by atoms with van der Waals surface area (Å²) in [6.07, 6.45) is 6.72. The third kappa shape index (κ3) is 3.95. The predicted molar refractivity (Wildman–Crippen MR) is 54.0 cm³/mol. The molecule has 0 saturated carbocycles. The second kappa shape index (κ2) is 6.50. The molecule has 1 amide bonds. The van der Waals surface area contributed by atoms with Crippen molar-refractivity contribution < 1.29 is 4.79 Å². The van der Waals surface area contributed by atoms with Gasteiger partial charge in [-0.3, -0.25) is 4.79 Å². The minimum atomic E-state index is -0.403. The lowest BCUT2D eigenvalue weighted by Crippen LogP contribution is -2.43. The van der Waals surface area contributed by atoms with Crippen LogP contribution in [-0.4, -0.2) is 29.9 Å². The van der Waals surface area contributed by atoms with E-state index in [-0.39, 0.29) is 5.91 Å². The average molecular weight is 182 g/mol. The normalized spacial score (nSPS) is 11.8. The van der Waals surface area contributed by atoms with Gasteiger partial charge in [0.05, 0.1) is 12.6 Å². The summed E-state index contributed by atoms with van der Waals surface area (Å²) in [4.78, 5) is 13.2. The largest absolute Gasteiger partial charge is 0.330 e. The summed E-state index contributed by atoms with van der Waals surface area (Å²) in [6.45, 7) is 4.95. The summed E-state index contributed by atoms with van der Waals surface area (Å²) in [5.41, 5.74) is 5.62. The van der Waals surface area contributed by atoms with Gasteiger partial charge in [-0.15, -0.1) is 6.42 Å². The summed E-state index contributed by atoms with van der Waals surface area (Å²) in [5, 5.41) is 0. The number of hydrogen-bond donors (Lipinski definition) is 1. The minimum absolute atomic E-state index is 0.0395. The molecule has 0 aromatic carbocycles. The van der Waals surface area contributed by atoms with Gasteiger partial charge in [-0.05, 0) is 12.8 Å². The van der Waals surface area contributed by atoms with Crippen molar-refractivity contribution in [3.05, 3.63) is 0 Å². The van der Waals surface area contributed by atoms with E-state index in [1.807, 2.05) is 13.8 Å². The molecule has 0 saturated heterocycles. The van der Waals surface area contributed by atoms with E-state index in [2.05, 4.69) is 5.92 Å². The Hall–Kier alpha value is -1.01. The molecule has 0 aromatic rings. The number of nitrogens with two attached hydrogens (primary N) is 1. The van der Waals surface area contributed by atoms with Crippen LogP contribution in [0.2, 0.25) is 0 Å². The molecule has 1 atom stereocenters. The van der Waals surface area contributed by atoms with E-state index in [1.54, 1.807) is 4.90 Å². The second-order valence-electron chi connectivity index (χ2n) is 2.98. The van der Waals surface area contributed by atoms with Gasteiger partial charge in [0.2, 0.25) is 5.91 Å². The maximum Gasteiger partial charge on any atom is 0.240 e. The molecule has 3 nitrogen and oxygen atoms in total. The number of carbonyl (C=O) groups is 1. The Kier molecular flexibility index (Phi) is 5.99. The van der Waals surface area contributed by atoms with Gasteiger partial charge in [0.15, 0.2) is 0 Å². The van der Waals surface area contributed by atoms with Crippen molar-refractivity contribution >= 4 is 5.91 Å². The maximum atomic E-state index is 11.6. The van der Waals surface area contributed by atoms with Gasteiger partial charge in [0.25, 0.3) is 0 Å². The summed E-state index contributed by atoms with van der Waals surface area (Å²) >= 11 is 0. The molecule has 0 aliphatic heterocycles. The first-order chi connectivity index (χ1) is 6.17. The highest BCUT2D eigenvalue weighted by molar-refractivity contribution is 5.81. The van der Waals surface area contributed by atoms with Crippen molar-refractivity contribution in [1.29, 1.82) is 0 Å². The number of rotatable bonds is 5. The third-order valence-electron chi connectivity index (χ3n) is 1.84. The molecule has 0 unspecified atom stereocenters. The molecule has 0 aliphatic carbocycles. The van der Waals surface area contributed by atoms with Gasteiger partial charge in [0, 0.05) is 6.54 Å². The van der Waals surface area contributed by atoms with Gasteiger partial charge in [-0.1, -0.05) is 19.8 Å². The van der Waals surface area contributed by atoms with Crippen LogP contribution in [-0.2, 0) is 4.79 Å². The van der Waals surface area contributed by atoms with Gasteiger partial charge >= 0.3 is 0 Å². The molecule has 3 heteroatoms. The van der Waals surface area contributed by atoms with Crippen molar-refractivity contribution in [3.8, 4) is 12.3 Å². The highest BCUT2D eigenvalue weighted by Gasteiger charge is 2.17. The zero-order valence-electron chi connectivity index (χ0n) is 8.42. The van der Waals surface area contributed by atoms with E-state index >= 15 is 0 Å². The van der Waals surface area contributed by atoms with Crippen LogP contribution in [0.25, 0.3) is 0 Å². The first-order valence-corrected chi connectivity index (χ1v) is 4.65. The van der Waals surface area contributed by atoms with Gasteiger partial charge in [0.1, 0.15) is 0 Å². The topological polar surface area (TPSA) is 46.3 Å². The number of nitrogens with zero attached hydrogens (tertiary/aromatic N) is 1. The lowest BCUT2D eigenvalue weighted by atomic mass is 10.2. The minimum Gasteiger partial charge on any atom is -0.330 e. The molecular formula is C10H18N2O. The van der Waals surface area contributed by atoms with Crippen LogP contribution in [0.1, 0.15) is 26.7 Å². The van der Waals surface area contributed by atoms with Crippen LogP contribution in [0.4, 0.5) is 0 Å². The van der Waals surface area contributed by atoms with Crippen molar-refractivity contribution in [2.24, 2.45) is 5.73 Å². The van der Waals surface area contributed by atoms with Gasteiger partial charge in [-0.2, -0.15) is 0 Å². The molecule has 0 radical (unpaired) electrons. The first kappa shape index (κ1) is 12.0. The molecule has 2 N–H and O–H groups in total. The number of carbonyl (C=O) groups excluding carboxylic acids is 1. The standard InChI is InChI=1S/C10H18N2O/c1-4-7-12(8-5-2)10(13)9(11)6-3/h1,9H,5-8,11H2,2-3H3/t9-/m1/s1. The zero-order chi connectivity index (χ0) is 10.3. The lowest BCUT2D eigenvalue weighted by Gasteiger charge is -2.22. The molecule has 0 spiro atoms. The highest BCUT2D eigenvalue weighted by atomic mass is 16.2. The Labute approximate surface area is 80.3 Å². The molecular weight excluding hydrogens is 164 g/mol. The fraction of sp³-hybridized carbons (Fsp3) is 0.700. The molecule has 0 aliphatic rings. The molecule has 0 fully saturated rings. The predicted octanol–water partition coefficient (Wildman–Crippen LogP) is 0.595. The van der Waals surface area contributed by atoms with Crippen molar-refractivity contribution in [1.82, 2.24) is 4.90 Å². The van der Waals surface area contributed by atoms with E-state index in [9.17, 15) is 4.79 Å². The molecule has 0 bridgehead atoms. The van der Waals surface area contributed by atoms with Crippen LogP contribution < -0.4 is 5.73 Å². The Morgan fingerprint density at radius 3 is 2.62 bits per heavy atom. The van der Waals surface area contributed by atoms with E-state index in [4.69, 9.17) is 12.2 Å². The lowest BCUT2D eigenvalue weighted by molar-refractivity contribution is -0.132. The molecule has 0 aromatic heterocycles.